The highest BCUT2D eigenvalue weighted by atomic mass is 32.2. The maximum absolute atomic E-state index is 13.5. The molecule has 13 heteroatoms. The van der Waals surface area contributed by atoms with Crippen LogP contribution in [-0.4, -0.2) is 89.9 Å². The Morgan fingerprint density at radius 2 is 1.65 bits per heavy atom. The van der Waals surface area contributed by atoms with Crippen LogP contribution in [0.2, 0.25) is 0 Å². The highest BCUT2D eigenvalue weighted by Crippen LogP contribution is 2.22. The van der Waals surface area contributed by atoms with Gasteiger partial charge >= 0.3 is 5.97 Å². The minimum absolute atomic E-state index is 0.127. The van der Waals surface area contributed by atoms with Crippen molar-refractivity contribution in [2.45, 2.75) is 70.5 Å². The molecule has 0 fully saturated rings. The molecule has 0 radical (unpaired) electrons. The van der Waals surface area contributed by atoms with E-state index in [0.29, 0.717) is 25.0 Å². The highest BCUT2D eigenvalue weighted by molar-refractivity contribution is 7.98. The normalized spacial score (nSPS) is 12.8. The molecule has 2 rings (SSSR count). The van der Waals surface area contributed by atoms with Crippen molar-refractivity contribution < 1.29 is 33.8 Å². The van der Waals surface area contributed by atoms with Gasteiger partial charge in [0.25, 0.3) is 0 Å². The first kappa shape index (κ1) is 38.1. The largest absolute Gasteiger partial charge is 0.508 e. The summed E-state index contributed by atoms with van der Waals surface area (Å²) in [4.78, 5) is 65.3. The lowest BCUT2D eigenvalue weighted by Crippen LogP contribution is -2.55. The van der Waals surface area contributed by atoms with Crippen LogP contribution < -0.4 is 22.1 Å². The topological polar surface area (TPSA) is 194 Å². The number of amides is 4. The fraction of sp³-hybridized carbons (Fsp3) is 0.485. The van der Waals surface area contributed by atoms with Gasteiger partial charge < -0.3 is 36.8 Å². The molecule has 0 aliphatic heterocycles. The minimum atomic E-state index is -0.985. The van der Waals surface area contributed by atoms with Crippen LogP contribution in [0.3, 0.4) is 0 Å². The van der Waals surface area contributed by atoms with Crippen LogP contribution in [0.1, 0.15) is 47.9 Å². The SMILES string of the molecule is COC(=O)CCCCN(C(=O)CNC(=O)[C@@H](CCSC)NC(=O)[C@H](N)Cc1c(C)cc(O)cc1C)[C@@H](Cc1ccccc1)C(N)=O. The standard InChI is InChI=1S/C33H47N5O7S/c1-21-16-24(39)17-22(2)25(21)19-26(34)32(43)37-27(13-15-46-4)33(44)36-20-29(40)38(14-9-8-12-30(41)45-3)28(31(35)42)18-23-10-6-5-7-11-23/h5-7,10-11,16-17,26-28,39H,8-9,12-15,18-20,34H2,1-4H3,(H2,35,42)(H,36,44)(H,37,43)/t26-,27-,28+/m1/s1. The number of methoxy groups -OCH3 is 1. The monoisotopic (exact) mass is 657 g/mol. The fourth-order valence-electron chi connectivity index (χ4n) is 5.09. The molecule has 0 bridgehead atoms. The third-order valence-electron chi connectivity index (χ3n) is 7.65. The van der Waals surface area contributed by atoms with Gasteiger partial charge in [0.15, 0.2) is 0 Å². The minimum Gasteiger partial charge on any atom is -0.508 e. The fourth-order valence-corrected chi connectivity index (χ4v) is 5.56. The number of aromatic hydroxyl groups is 1. The number of primary amides is 1. The quantitative estimate of drug-likeness (QED) is 0.110. The lowest BCUT2D eigenvalue weighted by molar-refractivity contribution is -0.141. The summed E-state index contributed by atoms with van der Waals surface area (Å²) in [6, 6.07) is 9.43. The predicted molar refractivity (Wildman–Crippen MR) is 178 cm³/mol. The Bertz CT molecular complexity index is 1320. The predicted octanol–water partition coefficient (Wildman–Crippen LogP) is 1.50. The Morgan fingerprint density at radius 1 is 1.00 bits per heavy atom. The van der Waals surface area contributed by atoms with Crippen LogP contribution in [0.25, 0.3) is 0 Å². The molecule has 46 heavy (non-hydrogen) atoms. The smallest absolute Gasteiger partial charge is 0.305 e. The summed E-state index contributed by atoms with van der Waals surface area (Å²) < 4.78 is 4.68. The Kier molecular flexibility index (Phi) is 16.1. The van der Waals surface area contributed by atoms with Gasteiger partial charge in [-0.25, -0.2) is 0 Å². The first-order valence-corrected chi connectivity index (χ1v) is 16.6. The number of nitrogens with two attached hydrogens (primary N) is 2. The van der Waals surface area contributed by atoms with Crippen LogP contribution in [0.4, 0.5) is 0 Å². The van der Waals surface area contributed by atoms with Gasteiger partial charge in [-0.15, -0.1) is 0 Å². The molecular formula is C33H47N5O7S. The number of ether oxygens (including phenoxy) is 1. The number of esters is 1. The molecule has 4 amide bonds. The van der Waals surface area contributed by atoms with Crippen molar-refractivity contribution in [2.24, 2.45) is 11.5 Å². The lowest BCUT2D eigenvalue weighted by atomic mass is 9.96. The molecule has 0 aromatic heterocycles. The number of rotatable bonds is 19. The van der Waals surface area contributed by atoms with Gasteiger partial charge in [0.1, 0.15) is 17.8 Å². The summed E-state index contributed by atoms with van der Waals surface area (Å²) >= 11 is 1.50. The molecule has 0 aliphatic rings. The second-order valence-corrected chi connectivity index (χ2v) is 12.1. The Hall–Kier alpha value is -4.10. The number of phenols is 1. The molecule has 2 aromatic rings. The van der Waals surface area contributed by atoms with E-state index in [4.69, 9.17) is 11.5 Å². The second-order valence-electron chi connectivity index (χ2n) is 11.2. The van der Waals surface area contributed by atoms with Crippen LogP contribution in [0.5, 0.6) is 5.75 Å². The van der Waals surface area contributed by atoms with E-state index in [1.807, 2.05) is 50.4 Å². The number of thioether (sulfide) groups is 1. The van der Waals surface area contributed by atoms with Crippen molar-refractivity contribution >= 4 is 41.4 Å². The highest BCUT2D eigenvalue weighted by Gasteiger charge is 2.30. The number of carbonyl (C=O) groups is 5. The maximum Gasteiger partial charge on any atom is 0.305 e. The third-order valence-corrected chi connectivity index (χ3v) is 8.30. The van der Waals surface area contributed by atoms with Gasteiger partial charge in [-0.2, -0.15) is 11.8 Å². The van der Waals surface area contributed by atoms with E-state index < -0.39 is 48.3 Å². The van der Waals surface area contributed by atoms with Crippen molar-refractivity contribution in [3.63, 3.8) is 0 Å². The van der Waals surface area contributed by atoms with Gasteiger partial charge in [0, 0.05) is 19.4 Å². The zero-order valence-corrected chi connectivity index (χ0v) is 27.9. The number of phenolic OH excluding ortho intramolecular Hbond substituents is 1. The number of benzene rings is 2. The molecular weight excluding hydrogens is 610 g/mol. The van der Waals surface area contributed by atoms with Crippen LogP contribution in [-0.2, 0) is 41.6 Å². The third kappa shape index (κ3) is 12.4. The number of nitrogens with zero attached hydrogens (tertiary/aromatic N) is 1. The van der Waals surface area contributed by atoms with Gasteiger partial charge in [0.2, 0.25) is 23.6 Å². The van der Waals surface area contributed by atoms with Crippen molar-refractivity contribution in [1.82, 2.24) is 15.5 Å². The van der Waals surface area contributed by atoms with Crippen molar-refractivity contribution in [1.29, 1.82) is 0 Å². The number of aryl methyl sites for hydroxylation is 2. The van der Waals surface area contributed by atoms with Crippen LogP contribution in [0.15, 0.2) is 42.5 Å². The van der Waals surface area contributed by atoms with E-state index in [-0.39, 0.29) is 37.5 Å². The average Bonchev–Trinajstić information content (AvgIpc) is 3.02. The van der Waals surface area contributed by atoms with Gasteiger partial charge in [-0.1, -0.05) is 30.3 Å². The summed E-state index contributed by atoms with van der Waals surface area (Å²) in [5, 5.41) is 15.2. The number of unbranched alkanes of at least 4 members (excludes halogenated alkanes) is 1. The Balaban J connectivity index is 2.14. The molecule has 2 aromatic carbocycles. The molecule has 252 valence electrons. The maximum atomic E-state index is 13.5. The van der Waals surface area contributed by atoms with Gasteiger partial charge in [-0.3, -0.25) is 24.0 Å². The summed E-state index contributed by atoms with van der Waals surface area (Å²) in [6.07, 6.45) is 3.53. The molecule has 7 N–H and O–H groups in total. The molecule has 0 heterocycles. The van der Waals surface area contributed by atoms with Crippen LogP contribution >= 0.6 is 11.8 Å². The van der Waals surface area contributed by atoms with E-state index in [2.05, 4.69) is 15.4 Å². The van der Waals surface area contributed by atoms with Crippen LogP contribution in [0, 0.1) is 13.8 Å². The Labute approximate surface area is 275 Å². The summed E-state index contributed by atoms with van der Waals surface area (Å²) in [5.41, 5.74) is 15.2. The summed E-state index contributed by atoms with van der Waals surface area (Å²) in [5.74, 6) is -2.02. The molecule has 0 spiro atoms. The molecule has 12 nitrogen and oxygen atoms in total. The molecule has 0 aliphatic carbocycles. The lowest BCUT2D eigenvalue weighted by Gasteiger charge is -2.30. The first-order chi connectivity index (χ1) is 21.9. The van der Waals surface area contributed by atoms with Crippen molar-refractivity contribution in [2.75, 3.05) is 32.2 Å². The number of hydrogen-bond donors (Lipinski definition) is 5. The van der Waals surface area contributed by atoms with Gasteiger partial charge in [0.05, 0.1) is 19.7 Å². The summed E-state index contributed by atoms with van der Waals surface area (Å²) in [7, 11) is 1.30. The van der Waals surface area contributed by atoms with Crippen molar-refractivity contribution in [3.8, 4) is 5.75 Å². The van der Waals surface area contributed by atoms with E-state index in [1.165, 1.54) is 23.8 Å². The zero-order chi connectivity index (χ0) is 34.2. The molecule has 0 saturated carbocycles. The van der Waals surface area contributed by atoms with Crippen molar-refractivity contribution in [3.05, 3.63) is 64.7 Å². The van der Waals surface area contributed by atoms with E-state index in [9.17, 15) is 29.1 Å². The molecule has 0 unspecified atom stereocenters. The molecule has 3 atom stereocenters. The van der Waals surface area contributed by atoms with E-state index in [0.717, 1.165) is 22.3 Å². The van der Waals surface area contributed by atoms with E-state index in [1.54, 1.807) is 12.1 Å². The number of nitrogens with one attached hydrogen (secondary N) is 2. The molecule has 0 saturated heterocycles. The summed E-state index contributed by atoms with van der Waals surface area (Å²) in [6.45, 7) is 3.34. The number of carbonyl (C=O) groups excluding carboxylic acids is 5. The zero-order valence-electron chi connectivity index (χ0n) is 27.0. The van der Waals surface area contributed by atoms with Gasteiger partial charge in [-0.05, 0) is 85.9 Å². The number of hydrogen-bond acceptors (Lipinski definition) is 9. The second kappa shape index (κ2) is 19.4. The average molecular weight is 658 g/mol. The first-order valence-electron chi connectivity index (χ1n) is 15.2. The Morgan fingerprint density at radius 3 is 2.24 bits per heavy atom. The van der Waals surface area contributed by atoms with E-state index >= 15 is 0 Å².